The summed E-state index contributed by atoms with van der Waals surface area (Å²) in [6, 6.07) is 9.93. The van der Waals surface area contributed by atoms with Gasteiger partial charge < -0.3 is 14.5 Å². The minimum atomic E-state index is -0.364. The van der Waals surface area contributed by atoms with Crippen molar-refractivity contribution in [3.63, 3.8) is 0 Å². The van der Waals surface area contributed by atoms with Gasteiger partial charge in [-0.2, -0.15) is 5.26 Å². The molecule has 1 fully saturated rings. The molecule has 0 radical (unpaired) electrons. The molecule has 1 aliphatic heterocycles. The number of anilines is 2. The van der Waals surface area contributed by atoms with Crippen LogP contribution >= 0.6 is 11.8 Å². The van der Waals surface area contributed by atoms with Gasteiger partial charge in [0.15, 0.2) is 5.16 Å². The zero-order chi connectivity index (χ0) is 21.5. The Morgan fingerprint density at radius 1 is 1.30 bits per heavy atom. The molecule has 1 aromatic carbocycles. The zero-order valence-corrected chi connectivity index (χ0v) is 18.6. The Morgan fingerprint density at radius 2 is 2.00 bits per heavy atom. The molecule has 9 heteroatoms. The molecule has 160 valence electrons. The van der Waals surface area contributed by atoms with Gasteiger partial charge in [-0.1, -0.05) is 29.5 Å². The lowest BCUT2D eigenvalue weighted by Crippen LogP contribution is -2.38. The Kier molecular flexibility index (Phi) is 7.71. The molecular formula is C21H28N6O2S. The molecular weight excluding hydrogens is 400 g/mol. The monoisotopic (exact) mass is 428 g/mol. The SMILES string of the molecule is CCn1c(SC(C)C(=O)N(CCC#N)c2ccc(C)cc2)nnc1N1CCOCC1. The second-order valence-corrected chi connectivity index (χ2v) is 8.43. The first-order chi connectivity index (χ1) is 14.5. The average Bonchev–Trinajstić information content (AvgIpc) is 3.18. The van der Waals surface area contributed by atoms with Crippen LogP contribution in [0.25, 0.3) is 0 Å². The number of thioether (sulfide) groups is 1. The van der Waals surface area contributed by atoms with E-state index in [9.17, 15) is 4.79 Å². The molecule has 2 aromatic rings. The quantitative estimate of drug-likeness (QED) is 0.598. The van der Waals surface area contributed by atoms with E-state index in [1.165, 1.54) is 11.8 Å². The van der Waals surface area contributed by atoms with Crippen LogP contribution in [0.3, 0.4) is 0 Å². The minimum Gasteiger partial charge on any atom is -0.378 e. The number of aryl methyl sites for hydroxylation is 1. The van der Waals surface area contributed by atoms with Crippen molar-refractivity contribution in [2.75, 3.05) is 42.6 Å². The first-order valence-electron chi connectivity index (χ1n) is 10.2. The van der Waals surface area contributed by atoms with E-state index in [0.717, 1.165) is 42.0 Å². The van der Waals surface area contributed by atoms with Gasteiger partial charge in [-0.15, -0.1) is 10.2 Å². The van der Waals surface area contributed by atoms with Crippen molar-refractivity contribution in [2.45, 2.75) is 44.1 Å². The number of hydrogen-bond donors (Lipinski definition) is 0. The topological polar surface area (TPSA) is 87.3 Å². The van der Waals surface area contributed by atoms with Crippen molar-refractivity contribution < 1.29 is 9.53 Å². The number of carbonyl (C=O) groups is 1. The Balaban J connectivity index is 1.76. The number of amides is 1. The predicted molar refractivity (Wildman–Crippen MR) is 118 cm³/mol. The van der Waals surface area contributed by atoms with E-state index >= 15 is 0 Å². The normalized spacial score (nSPS) is 14.9. The van der Waals surface area contributed by atoms with E-state index in [0.29, 0.717) is 19.8 Å². The Bertz CT molecular complexity index is 886. The number of morpholine rings is 1. The lowest BCUT2D eigenvalue weighted by Gasteiger charge is -2.28. The third kappa shape index (κ3) is 5.12. The minimum absolute atomic E-state index is 0.0438. The summed E-state index contributed by atoms with van der Waals surface area (Å²) in [4.78, 5) is 17.1. The van der Waals surface area contributed by atoms with E-state index in [2.05, 4.69) is 28.1 Å². The number of aromatic nitrogens is 3. The van der Waals surface area contributed by atoms with Crippen LogP contribution < -0.4 is 9.80 Å². The molecule has 0 saturated carbocycles. The van der Waals surface area contributed by atoms with Crippen molar-refractivity contribution in [1.29, 1.82) is 5.26 Å². The Hall–Kier alpha value is -2.57. The van der Waals surface area contributed by atoms with Crippen LogP contribution in [0.1, 0.15) is 25.8 Å². The van der Waals surface area contributed by atoms with E-state index in [4.69, 9.17) is 10.00 Å². The van der Waals surface area contributed by atoms with E-state index in [-0.39, 0.29) is 17.6 Å². The fourth-order valence-electron chi connectivity index (χ4n) is 3.32. The second-order valence-electron chi connectivity index (χ2n) is 7.12. The number of nitrogens with zero attached hydrogens (tertiary/aromatic N) is 6. The van der Waals surface area contributed by atoms with Crippen molar-refractivity contribution >= 4 is 29.3 Å². The maximum absolute atomic E-state index is 13.3. The highest BCUT2D eigenvalue weighted by Crippen LogP contribution is 2.28. The molecule has 0 aliphatic carbocycles. The van der Waals surface area contributed by atoms with E-state index in [1.807, 2.05) is 42.7 Å². The van der Waals surface area contributed by atoms with Gasteiger partial charge >= 0.3 is 0 Å². The van der Waals surface area contributed by atoms with Crippen LogP contribution in [0.15, 0.2) is 29.4 Å². The molecule has 3 rings (SSSR count). The molecule has 2 heterocycles. The first-order valence-corrected chi connectivity index (χ1v) is 11.1. The van der Waals surface area contributed by atoms with Crippen molar-refractivity contribution in [3.8, 4) is 6.07 Å². The molecule has 30 heavy (non-hydrogen) atoms. The van der Waals surface area contributed by atoms with Gasteiger partial charge in [0.05, 0.1) is 31.0 Å². The Morgan fingerprint density at radius 3 is 2.63 bits per heavy atom. The van der Waals surface area contributed by atoms with Crippen molar-refractivity contribution in [3.05, 3.63) is 29.8 Å². The molecule has 1 unspecified atom stereocenters. The highest BCUT2D eigenvalue weighted by atomic mass is 32.2. The van der Waals surface area contributed by atoms with Gasteiger partial charge in [0.25, 0.3) is 0 Å². The number of nitriles is 1. The van der Waals surface area contributed by atoms with E-state index in [1.54, 1.807) is 4.90 Å². The average molecular weight is 429 g/mol. The molecule has 1 atom stereocenters. The lowest BCUT2D eigenvalue weighted by atomic mass is 10.2. The van der Waals surface area contributed by atoms with Gasteiger partial charge in [0.2, 0.25) is 11.9 Å². The van der Waals surface area contributed by atoms with Crippen LogP contribution in [0.5, 0.6) is 0 Å². The van der Waals surface area contributed by atoms with E-state index < -0.39 is 0 Å². The molecule has 0 N–H and O–H groups in total. The maximum Gasteiger partial charge on any atom is 0.240 e. The number of benzene rings is 1. The lowest BCUT2D eigenvalue weighted by molar-refractivity contribution is -0.117. The molecule has 1 amide bonds. The molecule has 0 bridgehead atoms. The number of rotatable bonds is 8. The molecule has 1 aliphatic rings. The maximum atomic E-state index is 13.3. The van der Waals surface area contributed by atoms with Gasteiger partial charge in [0, 0.05) is 31.9 Å². The highest BCUT2D eigenvalue weighted by Gasteiger charge is 2.26. The molecule has 1 aromatic heterocycles. The molecule has 8 nitrogen and oxygen atoms in total. The number of ether oxygens (including phenoxy) is 1. The smallest absolute Gasteiger partial charge is 0.240 e. The van der Waals surface area contributed by atoms with Crippen LogP contribution in [0, 0.1) is 18.3 Å². The second kappa shape index (κ2) is 10.5. The van der Waals surface area contributed by atoms with Crippen LogP contribution in [0.2, 0.25) is 0 Å². The summed E-state index contributed by atoms with van der Waals surface area (Å²) in [6.45, 7) is 9.95. The zero-order valence-electron chi connectivity index (χ0n) is 17.7. The fourth-order valence-corrected chi connectivity index (χ4v) is 4.29. The Labute approximate surface area is 181 Å². The van der Waals surface area contributed by atoms with Crippen molar-refractivity contribution in [2.24, 2.45) is 0 Å². The van der Waals surface area contributed by atoms with Crippen LogP contribution in [-0.4, -0.2) is 58.8 Å². The fraction of sp³-hybridized carbons (Fsp3) is 0.524. The first kappa shape index (κ1) is 22.1. The summed E-state index contributed by atoms with van der Waals surface area (Å²) < 4.78 is 7.47. The van der Waals surface area contributed by atoms with Gasteiger partial charge in [0.1, 0.15) is 0 Å². The molecule has 1 saturated heterocycles. The predicted octanol–water partition coefficient (Wildman–Crippen LogP) is 2.87. The third-order valence-corrected chi connectivity index (χ3v) is 6.06. The largest absolute Gasteiger partial charge is 0.378 e. The summed E-state index contributed by atoms with van der Waals surface area (Å²) in [7, 11) is 0. The summed E-state index contributed by atoms with van der Waals surface area (Å²) >= 11 is 1.40. The van der Waals surface area contributed by atoms with Crippen LogP contribution in [-0.2, 0) is 16.1 Å². The van der Waals surface area contributed by atoms with Gasteiger partial charge in [-0.3, -0.25) is 9.36 Å². The highest BCUT2D eigenvalue weighted by molar-refractivity contribution is 8.00. The summed E-state index contributed by atoms with van der Waals surface area (Å²) in [5.41, 5.74) is 1.93. The number of carbonyl (C=O) groups excluding carboxylic acids is 1. The molecule has 0 spiro atoms. The summed E-state index contributed by atoms with van der Waals surface area (Å²) in [5, 5.41) is 18.1. The van der Waals surface area contributed by atoms with Gasteiger partial charge in [-0.25, -0.2) is 0 Å². The van der Waals surface area contributed by atoms with Crippen LogP contribution in [0.4, 0.5) is 11.6 Å². The van der Waals surface area contributed by atoms with Crippen molar-refractivity contribution in [1.82, 2.24) is 14.8 Å². The standard InChI is InChI=1S/C21H28N6O2S/c1-4-26-20(25-12-14-29-15-13-25)23-24-21(26)30-17(3)19(28)27(11-5-10-22)18-8-6-16(2)7-9-18/h6-9,17H,4-5,11-15H2,1-3H3. The van der Waals surface area contributed by atoms with Gasteiger partial charge in [-0.05, 0) is 32.9 Å². The summed E-state index contributed by atoms with van der Waals surface area (Å²) in [5.74, 6) is 0.778. The number of hydrogen-bond acceptors (Lipinski definition) is 7. The third-order valence-electron chi connectivity index (χ3n) is 5.00. The summed E-state index contributed by atoms with van der Waals surface area (Å²) in [6.07, 6.45) is 0.281.